The molecule has 0 rings (SSSR count). The second-order valence-corrected chi connectivity index (χ2v) is 4.82. The Morgan fingerprint density at radius 2 is 2.00 bits per heavy atom. The smallest absolute Gasteiger partial charge is 0.374 e. The van der Waals surface area contributed by atoms with E-state index in [1.54, 1.807) is 6.92 Å². The van der Waals surface area contributed by atoms with Crippen molar-refractivity contribution in [3.8, 4) is 0 Å². The number of hydrogen-bond acceptors (Lipinski definition) is 3. The minimum Gasteiger partial charge on any atom is -0.374 e. The SMILES string of the molecule is CCCOCC(F)(F)S(=O)(=O)Cl. The molecule has 0 heterocycles. The van der Waals surface area contributed by atoms with Gasteiger partial charge in [-0.3, -0.25) is 0 Å². The van der Waals surface area contributed by atoms with E-state index in [1.165, 1.54) is 0 Å². The number of hydrogen-bond donors (Lipinski definition) is 0. The number of halogens is 3. The van der Waals surface area contributed by atoms with Gasteiger partial charge < -0.3 is 4.74 Å². The molecule has 0 aliphatic heterocycles. The van der Waals surface area contributed by atoms with Crippen molar-refractivity contribution in [2.45, 2.75) is 18.6 Å². The average molecular weight is 223 g/mol. The molecule has 0 aliphatic rings. The second-order valence-electron chi connectivity index (χ2n) is 2.13. The van der Waals surface area contributed by atoms with Crippen LogP contribution in [-0.2, 0) is 13.8 Å². The molecule has 7 heteroatoms. The molecule has 0 N–H and O–H groups in total. The summed E-state index contributed by atoms with van der Waals surface area (Å²) < 4.78 is 49.5. The first-order chi connectivity index (χ1) is 5.31. The summed E-state index contributed by atoms with van der Waals surface area (Å²) in [4.78, 5) is 0. The first-order valence-corrected chi connectivity index (χ1v) is 5.52. The Bertz CT molecular complexity index is 227. The Kier molecular flexibility index (Phi) is 4.36. The van der Waals surface area contributed by atoms with Crippen LogP contribution >= 0.6 is 10.7 Å². The Labute approximate surface area is 74.1 Å². The molecule has 0 aliphatic carbocycles. The summed E-state index contributed by atoms with van der Waals surface area (Å²) in [6.07, 6.45) is 0.540. The Morgan fingerprint density at radius 1 is 1.50 bits per heavy atom. The third-order valence-electron chi connectivity index (χ3n) is 0.975. The normalized spacial score (nSPS) is 13.3. The molecule has 12 heavy (non-hydrogen) atoms. The predicted molar refractivity (Wildman–Crippen MR) is 40.8 cm³/mol. The lowest BCUT2D eigenvalue weighted by molar-refractivity contribution is -0.0131. The topological polar surface area (TPSA) is 43.4 Å². The number of rotatable bonds is 5. The fraction of sp³-hybridized carbons (Fsp3) is 1.00. The van der Waals surface area contributed by atoms with Gasteiger partial charge in [-0.15, -0.1) is 0 Å². The van der Waals surface area contributed by atoms with Gasteiger partial charge in [0.25, 0.3) is 9.05 Å². The van der Waals surface area contributed by atoms with Crippen molar-refractivity contribution >= 4 is 19.7 Å². The predicted octanol–water partition coefficient (Wildman–Crippen LogP) is 1.57. The molecule has 3 nitrogen and oxygen atoms in total. The van der Waals surface area contributed by atoms with E-state index in [9.17, 15) is 17.2 Å². The maximum atomic E-state index is 12.4. The molecule has 0 aromatic carbocycles. The third kappa shape index (κ3) is 3.64. The molecule has 0 aromatic rings. The van der Waals surface area contributed by atoms with Gasteiger partial charge in [-0.05, 0) is 6.42 Å². The molecule has 0 amide bonds. The zero-order valence-electron chi connectivity index (χ0n) is 6.39. The van der Waals surface area contributed by atoms with Crippen molar-refractivity contribution < 1.29 is 21.9 Å². The highest BCUT2D eigenvalue weighted by Crippen LogP contribution is 2.25. The van der Waals surface area contributed by atoms with E-state index in [2.05, 4.69) is 15.4 Å². The van der Waals surface area contributed by atoms with Crippen LogP contribution in [0.15, 0.2) is 0 Å². The highest BCUT2D eigenvalue weighted by Gasteiger charge is 2.44. The highest BCUT2D eigenvalue weighted by molar-refractivity contribution is 8.14. The highest BCUT2D eigenvalue weighted by atomic mass is 35.7. The zero-order chi connectivity index (χ0) is 9.83. The quantitative estimate of drug-likeness (QED) is 0.524. The number of alkyl halides is 2. The molecule has 74 valence electrons. The molecule has 0 spiro atoms. The van der Waals surface area contributed by atoms with Gasteiger partial charge in [0.15, 0.2) is 0 Å². The van der Waals surface area contributed by atoms with E-state index in [0.29, 0.717) is 6.42 Å². The Hall–Kier alpha value is 0.0600. The van der Waals surface area contributed by atoms with Gasteiger partial charge in [-0.1, -0.05) is 6.92 Å². The van der Waals surface area contributed by atoms with Crippen LogP contribution in [0.3, 0.4) is 0 Å². The first kappa shape index (κ1) is 12.1. The van der Waals surface area contributed by atoms with Crippen LogP contribution in [0.2, 0.25) is 0 Å². The summed E-state index contributed by atoms with van der Waals surface area (Å²) in [6.45, 7) is 0.613. The fourth-order valence-corrected chi connectivity index (χ4v) is 0.763. The lowest BCUT2D eigenvalue weighted by Gasteiger charge is -2.11. The first-order valence-electron chi connectivity index (χ1n) is 3.21. The zero-order valence-corrected chi connectivity index (χ0v) is 7.96. The standard InChI is InChI=1S/C5H9ClF2O3S/c1-2-3-11-4-5(7,8)12(6,9)10/h2-4H2,1H3. The van der Waals surface area contributed by atoms with Crippen molar-refractivity contribution in [1.82, 2.24) is 0 Å². The average Bonchev–Trinajstić information content (AvgIpc) is 1.85. The monoisotopic (exact) mass is 222 g/mol. The Morgan fingerprint density at radius 3 is 2.33 bits per heavy atom. The summed E-state index contributed by atoms with van der Waals surface area (Å²) in [6, 6.07) is 0. The van der Waals surface area contributed by atoms with Gasteiger partial charge in [0.05, 0.1) is 0 Å². The minimum atomic E-state index is -4.87. The van der Waals surface area contributed by atoms with Gasteiger partial charge >= 0.3 is 5.25 Å². The molecular formula is C5H9ClF2O3S. The second kappa shape index (κ2) is 4.34. The van der Waals surface area contributed by atoms with Crippen LogP contribution in [0.25, 0.3) is 0 Å². The summed E-state index contributed by atoms with van der Waals surface area (Å²) in [5.74, 6) is 0. The molecule has 0 fully saturated rings. The molecule has 0 saturated carbocycles. The largest absolute Gasteiger partial charge is 0.382 e. The van der Waals surface area contributed by atoms with Crippen molar-refractivity contribution in [3.05, 3.63) is 0 Å². The number of ether oxygens (including phenoxy) is 1. The lowest BCUT2D eigenvalue weighted by Crippen LogP contribution is -2.30. The van der Waals surface area contributed by atoms with E-state index in [0.717, 1.165) is 0 Å². The molecular weight excluding hydrogens is 214 g/mol. The molecule has 0 unspecified atom stereocenters. The minimum absolute atomic E-state index is 0.0853. The molecule has 0 saturated heterocycles. The summed E-state index contributed by atoms with van der Waals surface area (Å²) in [7, 11) is -0.423. The van der Waals surface area contributed by atoms with E-state index >= 15 is 0 Å². The maximum Gasteiger partial charge on any atom is 0.382 e. The van der Waals surface area contributed by atoms with Crippen LogP contribution < -0.4 is 0 Å². The molecule has 0 aromatic heterocycles. The van der Waals surface area contributed by atoms with Crippen LogP contribution in [0, 0.1) is 0 Å². The fourth-order valence-electron chi connectivity index (χ4n) is 0.406. The van der Waals surface area contributed by atoms with E-state index in [4.69, 9.17) is 0 Å². The van der Waals surface area contributed by atoms with Gasteiger partial charge in [-0.2, -0.15) is 8.78 Å². The van der Waals surface area contributed by atoms with E-state index in [1.807, 2.05) is 0 Å². The van der Waals surface area contributed by atoms with Crippen LogP contribution in [0.5, 0.6) is 0 Å². The summed E-state index contributed by atoms with van der Waals surface area (Å²) >= 11 is 0. The molecule has 0 radical (unpaired) electrons. The van der Waals surface area contributed by atoms with Crippen molar-refractivity contribution in [1.29, 1.82) is 0 Å². The third-order valence-corrected chi connectivity index (χ3v) is 2.48. The molecule has 0 bridgehead atoms. The lowest BCUT2D eigenvalue weighted by atomic mass is 10.5. The van der Waals surface area contributed by atoms with Crippen molar-refractivity contribution in [2.75, 3.05) is 13.2 Å². The van der Waals surface area contributed by atoms with Crippen molar-refractivity contribution in [2.24, 2.45) is 0 Å². The van der Waals surface area contributed by atoms with Gasteiger partial charge in [-0.25, -0.2) is 8.42 Å². The van der Waals surface area contributed by atoms with E-state index in [-0.39, 0.29) is 6.61 Å². The summed E-state index contributed by atoms with van der Waals surface area (Å²) in [5, 5.41) is -4.00. The van der Waals surface area contributed by atoms with Gasteiger partial charge in [0.2, 0.25) is 0 Å². The van der Waals surface area contributed by atoms with Crippen LogP contribution in [0.1, 0.15) is 13.3 Å². The molecule has 0 atom stereocenters. The van der Waals surface area contributed by atoms with Crippen molar-refractivity contribution in [3.63, 3.8) is 0 Å². The van der Waals surface area contributed by atoms with Gasteiger partial charge in [0.1, 0.15) is 6.61 Å². The Balaban J connectivity index is 4.06. The van der Waals surface area contributed by atoms with Crippen LogP contribution in [-0.4, -0.2) is 26.9 Å². The summed E-state index contributed by atoms with van der Waals surface area (Å²) in [5.41, 5.74) is 0. The van der Waals surface area contributed by atoms with Gasteiger partial charge in [0, 0.05) is 17.3 Å². The van der Waals surface area contributed by atoms with Crippen LogP contribution in [0.4, 0.5) is 8.78 Å². The van der Waals surface area contributed by atoms with E-state index < -0.39 is 20.9 Å². The maximum absolute atomic E-state index is 12.4.